The Hall–Kier alpha value is -3.26. The van der Waals surface area contributed by atoms with Crippen molar-refractivity contribution in [2.45, 2.75) is 33.6 Å². The van der Waals surface area contributed by atoms with E-state index in [0.29, 0.717) is 29.4 Å². The van der Waals surface area contributed by atoms with E-state index < -0.39 is 17.1 Å². The van der Waals surface area contributed by atoms with Gasteiger partial charge in [-0.15, -0.1) is 0 Å². The first kappa shape index (κ1) is 24.4. The SMILES string of the molecule is CCCCOc1ccc(/C=C2\SC(=O)N(CC(=O)Nc3cc(C)ccc3C)C2=O)cc1OC. The molecule has 1 aliphatic heterocycles. The molecule has 33 heavy (non-hydrogen) atoms. The van der Waals surface area contributed by atoms with Crippen molar-refractivity contribution >= 4 is 40.6 Å². The van der Waals surface area contributed by atoms with Crippen LogP contribution in [-0.2, 0) is 9.59 Å². The molecule has 174 valence electrons. The van der Waals surface area contributed by atoms with E-state index in [4.69, 9.17) is 9.47 Å². The van der Waals surface area contributed by atoms with Gasteiger partial charge in [0.2, 0.25) is 5.91 Å². The van der Waals surface area contributed by atoms with Crippen LogP contribution in [0.2, 0.25) is 0 Å². The fourth-order valence-corrected chi connectivity index (χ4v) is 4.05. The topological polar surface area (TPSA) is 84.9 Å². The van der Waals surface area contributed by atoms with Crippen molar-refractivity contribution in [3.05, 3.63) is 58.0 Å². The van der Waals surface area contributed by atoms with Crippen LogP contribution in [0, 0.1) is 13.8 Å². The quantitative estimate of drug-likeness (QED) is 0.404. The number of methoxy groups -OCH3 is 1. The smallest absolute Gasteiger partial charge is 0.294 e. The molecule has 1 N–H and O–H groups in total. The van der Waals surface area contributed by atoms with Gasteiger partial charge in [-0.2, -0.15) is 0 Å². The van der Waals surface area contributed by atoms with E-state index in [1.807, 2.05) is 32.0 Å². The fourth-order valence-electron chi connectivity index (χ4n) is 3.21. The highest BCUT2D eigenvalue weighted by atomic mass is 32.2. The van der Waals surface area contributed by atoms with Gasteiger partial charge < -0.3 is 14.8 Å². The molecular formula is C25H28N2O5S. The van der Waals surface area contributed by atoms with Gasteiger partial charge in [-0.05, 0) is 73.0 Å². The Labute approximate surface area is 198 Å². The second-order valence-electron chi connectivity index (χ2n) is 7.75. The molecule has 3 amide bonds. The minimum absolute atomic E-state index is 0.251. The molecule has 1 heterocycles. The zero-order valence-corrected chi connectivity index (χ0v) is 20.1. The summed E-state index contributed by atoms with van der Waals surface area (Å²) in [6.45, 7) is 6.14. The van der Waals surface area contributed by atoms with Crippen molar-refractivity contribution in [2.24, 2.45) is 0 Å². The second kappa shape index (κ2) is 11.0. The van der Waals surface area contributed by atoms with Gasteiger partial charge in [0.25, 0.3) is 11.1 Å². The number of amides is 3. The number of benzene rings is 2. The lowest BCUT2D eigenvalue weighted by Gasteiger charge is -2.14. The molecule has 0 spiro atoms. The van der Waals surface area contributed by atoms with Crippen molar-refractivity contribution in [1.29, 1.82) is 0 Å². The summed E-state index contributed by atoms with van der Waals surface area (Å²) in [4.78, 5) is 38.9. The van der Waals surface area contributed by atoms with Gasteiger partial charge >= 0.3 is 0 Å². The number of nitrogens with zero attached hydrogens (tertiary/aromatic N) is 1. The average Bonchev–Trinajstić information content (AvgIpc) is 3.04. The predicted molar refractivity (Wildman–Crippen MR) is 131 cm³/mol. The van der Waals surface area contributed by atoms with E-state index in [1.54, 1.807) is 31.4 Å². The highest BCUT2D eigenvalue weighted by Crippen LogP contribution is 2.34. The molecule has 2 aromatic rings. The number of hydrogen-bond donors (Lipinski definition) is 1. The van der Waals surface area contributed by atoms with E-state index in [-0.39, 0.29) is 11.4 Å². The van der Waals surface area contributed by atoms with Crippen LogP contribution >= 0.6 is 11.8 Å². The number of carbonyl (C=O) groups excluding carboxylic acids is 3. The molecule has 0 unspecified atom stereocenters. The average molecular weight is 469 g/mol. The molecule has 0 aromatic heterocycles. The number of nitrogens with one attached hydrogen (secondary N) is 1. The first-order chi connectivity index (χ1) is 15.8. The summed E-state index contributed by atoms with van der Waals surface area (Å²) in [7, 11) is 1.55. The number of hydrogen-bond acceptors (Lipinski definition) is 6. The monoisotopic (exact) mass is 468 g/mol. The van der Waals surface area contributed by atoms with Gasteiger partial charge in [0.05, 0.1) is 18.6 Å². The van der Waals surface area contributed by atoms with E-state index in [1.165, 1.54) is 0 Å². The van der Waals surface area contributed by atoms with Gasteiger partial charge in [0, 0.05) is 5.69 Å². The van der Waals surface area contributed by atoms with Crippen LogP contribution in [-0.4, -0.2) is 42.2 Å². The van der Waals surface area contributed by atoms with Crippen molar-refractivity contribution in [3.8, 4) is 11.5 Å². The normalized spacial score (nSPS) is 14.7. The summed E-state index contributed by atoms with van der Waals surface area (Å²) in [5.41, 5.74) is 3.26. The van der Waals surface area contributed by atoms with Crippen LogP contribution in [0.4, 0.5) is 10.5 Å². The van der Waals surface area contributed by atoms with Crippen molar-refractivity contribution < 1.29 is 23.9 Å². The molecule has 2 aromatic carbocycles. The Kier molecular flexibility index (Phi) is 8.16. The van der Waals surface area contributed by atoms with Crippen LogP contribution in [0.5, 0.6) is 11.5 Å². The van der Waals surface area contributed by atoms with Gasteiger partial charge in [-0.1, -0.05) is 31.5 Å². The molecule has 0 radical (unpaired) electrons. The molecule has 0 saturated carbocycles. The number of unbranched alkanes of at least 4 members (excludes halogenated alkanes) is 1. The number of rotatable bonds is 9. The van der Waals surface area contributed by atoms with Gasteiger partial charge in [0.15, 0.2) is 11.5 Å². The number of aryl methyl sites for hydroxylation is 2. The lowest BCUT2D eigenvalue weighted by molar-refractivity contribution is -0.127. The maximum Gasteiger partial charge on any atom is 0.294 e. The third kappa shape index (κ3) is 6.16. The Bertz CT molecular complexity index is 1100. The predicted octanol–water partition coefficient (Wildman–Crippen LogP) is 5.17. The molecule has 8 heteroatoms. The highest BCUT2D eigenvalue weighted by molar-refractivity contribution is 8.18. The van der Waals surface area contributed by atoms with Gasteiger partial charge in [-0.25, -0.2) is 0 Å². The number of anilines is 1. The Morgan fingerprint density at radius 3 is 2.64 bits per heavy atom. The van der Waals surface area contributed by atoms with Crippen LogP contribution in [0.25, 0.3) is 6.08 Å². The summed E-state index contributed by atoms with van der Waals surface area (Å²) in [5, 5.41) is 2.30. The van der Waals surface area contributed by atoms with Crippen molar-refractivity contribution in [1.82, 2.24) is 4.90 Å². The first-order valence-corrected chi connectivity index (χ1v) is 11.6. The first-order valence-electron chi connectivity index (χ1n) is 10.8. The number of thioether (sulfide) groups is 1. The van der Waals surface area contributed by atoms with Crippen molar-refractivity contribution in [2.75, 3.05) is 25.6 Å². The number of carbonyl (C=O) groups is 3. The highest BCUT2D eigenvalue weighted by Gasteiger charge is 2.36. The van der Waals surface area contributed by atoms with Gasteiger partial charge in [-0.3, -0.25) is 19.3 Å². The molecule has 1 aliphatic rings. The fraction of sp³-hybridized carbons (Fsp3) is 0.320. The summed E-state index contributed by atoms with van der Waals surface area (Å²) < 4.78 is 11.1. The Morgan fingerprint density at radius 2 is 1.91 bits per heavy atom. The summed E-state index contributed by atoms with van der Waals surface area (Å²) in [6.07, 6.45) is 3.58. The lowest BCUT2D eigenvalue weighted by atomic mass is 10.1. The van der Waals surface area contributed by atoms with E-state index in [0.717, 1.165) is 40.6 Å². The van der Waals surface area contributed by atoms with Gasteiger partial charge in [0.1, 0.15) is 6.54 Å². The number of imide groups is 1. The number of ether oxygens (including phenoxy) is 2. The zero-order valence-electron chi connectivity index (χ0n) is 19.3. The third-order valence-corrected chi connectivity index (χ3v) is 5.99. The largest absolute Gasteiger partial charge is 0.493 e. The summed E-state index contributed by atoms with van der Waals surface area (Å²) in [5.74, 6) is 0.247. The molecule has 1 fully saturated rings. The van der Waals surface area contributed by atoms with Crippen LogP contribution in [0.1, 0.15) is 36.5 Å². The van der Waals surface area contributed by atoms with Crippen molar-refractivity contribution in [3.63, 3.8) is 0 Å². The summed E-state index contributed by atoms with van der Waals surface area (Å²) >= 11 is 0.812. The molecule has 0 aliphatic carbocycles. The van der Waals surface area contributed by atoms with E-state index >= 15 is 0 Å². The summed E-state index contributed by atoms with van der Waals surface area (Å²) in [6, 6.07) is 11.0. The molecule has 3 rings (SSSR count). The maximum atomic E-state index is 12.8. The molecule has 0 atom stereocenters. The van der Waals surface area contributed by atoms with E-state index in [2.05, 4.69) is 12.2 Å². The Balaban J connectivity index is 1.70. The minimum Gasteiger partial charge on any atom is -0.493 e. The second-order valence-corrected chi connectivity index (χ2v) is 8.74. The third-order valence-electron chi connectivity index (χ3n) is 5.08. The Morgan fingerprint density at radius 1 is 1.12 bits per heavy atom. The molecule has 0 bridgehead atoms. The van der Waals surface area contributed by atoms with Crippen LogP contribution in [0.3, 0.4) is 0 Å². The lowest BCUT2D eigenvalue weighted by Crippen LogP contribution is -2.36. The standard InChI is InChI=1S/C25H28N2O5S/c1-5-6-11-32-20-10-9-18(13-21(20)31-4)14-22-24(29)27(25(30)33-22)15-23(28)26-19-12-16(2)7-8-17(19)3/h7-10,12-14H,5-6,11,15H2,1-4H3,(H,26,28)/b22-14-. The molecule has 1 saturated heterocycles. The van der Waals surface area contributed by atoms with Crippen LogP contribution < -0.4 is 14.8 Å². The molecule has 7 nitrogen and oxygen atoms in total. The van der Waals surface area contributed by atoms with E-state index in [9.17, 15) is 14.4 Å². The van der Waals surface area contributed by atoms with Crippen LogP contribution in [0.15, 0.2) is 41.3 Å². The minimum atomic E-state index is -0.497. The zero-order chi connectivity index (χ0) is 24.0. The molecular weight excluding hydrogens is 440 g/mol. The maximum absolute atomic E-state index is 12.8.